The fraction of sp³-hybridized carbons (Fsp3) is 0.167. The first-order valence-electron chi connectivity index (χ1n) is 18.9. The quantitative estimate of drug-likeness (QED) is 0.167. The van der Waals surface area contributed by atoms with E-state index >= 15 is 0 Å². The van der Waals surface area contributed by atoms with Crippen LogP contribution in [0.25, 0.3) is 0 Å². The standard InChI is InChI=1S/C48H44BN5/c1-47(2,3)33-21-25-37(26-22-33)52(38-27-23-34(24-28-38)48(4,5)6)44-30-29-40-46(51-44)54(36-17-11-8-12-18-36)43-32-50-31-42-45(43)49(40)39-19-13-14-20-41(39)53(42)35-15-9-7-10-16-35/h7-32H,1-6H3. The van der Waals surface area contributed by atoms with Gasteiger partial charge in [-0.15, -0.1) is 0 Å². The maximum absolute atomic E-state index is 5.68. The molecule has 0 aliphatic carbocycles. The van der Waals surface area contributed by atoms with Crippen LogP contribution in [0, 0.1) is 0 Å². The van der Waals surface area contributed by atoms with Gasteiger partial charge in [-0.3, -0.25) is 14.8 Å². The molecule has 0 bridgehead atoms. The number of hydrogen-bond acceptors (Lipinski definition) is 5. The second kappa shape index (κ2) is 12.8. The van der Waals surface area contributed by atoms with Gasteiger partial charge in [-0.05, 0) is 99.0 Å². The number of fused-ring (bicyclic) bond motifs is 4. The highest BCUT2D eigenvalue weighted by Gasteiger charge is 2.44. The first kappa shape index (κ1) is 33.7. The van der Waals surface area contributed by atoms with Gasteiger partial charge in [0, 0.05) is 28.4 Å². The summed E-state index contributed by atoms with van der Waals surface area (Å²) in [5.41, 5.74) is 13.9. The van der Waals surface area contributed by atoms with Gasteiger partial charge < -0.3 is 4.90 Å². The van der Waals surface area contributed by atoms with Crippen molar-refractivity contribution in [1.82, 2.24) is 9.97 Å². The highest BCUT2D eigenvalue weighted by molar-refractivity contribution is 7.00. The molecule has 4 heterocycles. The molecule has 0 fully saturated rings. The van der Waals surface area contributed by atoms with Crippen LogP contribution in [0.1, 0.15) is 52.7 Å². The second-order valence-corrected chi connectivity index (χ2v) is 16.4. The topological polar surface area (TPSA) is 35.5 Å². The van der Waals surface area contributed by atoms with E-state index in [1.54, 1.807) is 0 Å². The fourth-order valence-corrected chi connectivity index (χ4v) is 8.06. The molecular weight excluding hydrogens is 657 g/mol. The summed E-state index contributed by atoms with van der Waals surface area (Å²) < 4.78 is 0. The van der Waals surface area contributed by atoms with E-state index in [0.717, 1.165) is 56.9 Å². The molecule has 5 nitrogen and oxygen atoms in total. The molecule has 0 spiro atoms. The van der Waals surface area contributed by atoms with Crippen molar-refractivity contribution in [3.05, 3.63) is 169 Å². The monoisotopic (exact) mass is 701 g/mol. The van der Waals surface area contributed by atoms with Crippen molar-refractivity contribution in [2.75, 3.05) is 14.7 Å². The van der Waals surface area contributed by atoms with Crippen molar-refractivity contribution in [1.29, 1.82) is 0 Å². The molecule has 7 aromatic rings. The number of aromatic nitrogens is 2. The van der Waals surface area contributed by atoms with Crippen LogP contribution in [0.3, 0.4) is 0 Å². The highest BCUT2D eigenvalue weighted by atomic mass is 15.3. The minimum atomic E-state index is -0.0312. The molecular formula is C48H44BN5. The van der Waals surface area contributed by atoms with E-state index in [4.69, 9.17) is 9.97 Å². The van der Waals surface area contributed by atoms with Gasteiger partial charge in [-0.2, -0.15) is 0 Å². The van der Waals surface area contributed by atoms with Crippen LogP contribution in [-0.2, 0) is 10.8 Å². The fourth-order valence-electron chi connectivity index (χ4n) is 8.06. The lowest BCUT2D eigenvalue weighted by Crippen LogP contribution is -2.61. The summed E-state index contributed by atoms with van der Waals surface area (Å²) in [6.07, 6.45) is 4.04. The zero-order valence-electron chi connectivity index (χ0n) is 31.8. The zero-order chi connectivity index (χ0) is 37.2. The van der Waals surface area contributed by atoms with Gasteiger partial charge in [0.2, 0.25) is 0 Å². The van der Waals surface area contributed by atoms with Gasteiger partial charge >= 0.3 is 0 Å². The lowest BCUT2D eigenvalue weighted by atomic mass is 9.34. The van der Waals surface area contributed by atoms with Crippen LogP contribution >= 0.6 is 0 Å². The Labute approximate surface area is 319 Å². The summed E-state index contributed by atoms with van der Waals surface area (Å²) >= 11 is 0. The molecule has 264 valence electrons. The van der Waals surface area contributed by atoms with Crippen LogP contribution in [-0.4, -0.2) is 16.7 Å². The third kappa shape index (κ3) is 5.65. The van der Waals surface area contributed by atoms with Crippen molar-refractivity contribution < 1.29 is 0 Å². The van der Waals surface area contributed by atoms with Crippen LogP contribution in [0.4, 0.5) is 51.4 Å². The number of hydrogen-bond donors (Lipinski definition) is 0. The smallest absolute Gasteiger partial charge is 0.254 e. The highest BCUT2D eigenvalue weighted by Crippen LogP contribution is 2.44. The lowest BCUT2D eigenvalue weighted by molar-refractivity contribution is 0.590. The third-order valence-electron chi connectivity index (χ3n) is 10.9. The Morgan fingerprint density at radius 2 is 0.981 bits per heavy atom. The van der Waals surface area contributed by atoms with Gasteiger partial charge in [0.25, 0.3) is 6.71 Å². The number of para-hydroxylation sites is 3. The second-order valence-electron chi connectivity index (χ2n) is 16.4. The Morgan fingerprint density at radius 1 is 0.481 bits per heavy atom. The minimum Gasteiger partial charge on any atom is -0.310 e. The predicted molar refractivity (Wildman–Crippen MR) is 228 cm³/mol. The molecule has 54 heavy (non-hydrogen) atoms. The third-order valence-corrected chi connectivity index (χ3v) is 10.9. The van der Waals surface area contributed by atoms with Crippen molar-refractivity contribution in [2.45, 2.75) is 52.4 Å². The summed E-state index contributed by atoms with van der Waals surface area (Å²) in [5.74, 6) is 1.75. The Balaban J connectivity index is 1.28. The lowest BCUT2D eigenvalue weighted by Gasteiger charge is -2.43. The largest absolute Gasteiger partial charge is 0.310 e. The van der Waals surface area contributed by atoms with Gasteiger partial charge in [-0.1, -0.05) is 126 Å². The SMILES string of the molecule is CC(C)(C)c1ccc(N(c2ccc(C(C)(C)C)cc2)c2ccc3c(n2)N(c2ccccc2)c2cncc4c2B3c2ccccc2N4c2ccccc2)cc1. The van der Waals surface area contributed by atoms with Crippen LogP contribution in [0.5, 0.6) is 0 Å². The Bertz CT molecular complexity index is 2410. The minimum absolute atomic E-state index is 0.0312. The van der Waals surface area contributed by atoms with Crippen molar-refractivity contribution in [3.8, 4) is 0 Å². The van der Waals surface area contributed by atoms with Crippen molar-refractivity contribution in [2.24, 2.45) is 0 Å². The summed E-state index contributed by atoms with van der Waals surface area (Å²) in [4.78, 5) is 17.6. The van der Waals surface area contributed by atoms with E-state index < -0.39 is 0 Å². The number of rotatable bonds is 5. The Morgan fingerprint density at radius 3 is 1.54 bits per heavy atom. The normalized spacial score (nSPS) is 13.3. The molecule has 0 N–H and O–H groups in total. The van der Waals surface area contributed by atoms with Crippen LogP contribution in [0.15, 0.2) is 158 Å². The summed E-state index contributed by atoms with van der Waals surface area (Å²) in [7, 11) is 0. The maximum atomic E-state index is 5.68. The summed E-state index contributed by atoms with van der Waals surface area (Å²) in [6, 6.07) is 52.4. The average Bonchev–Trinajstić information content (AvgIpc) is 3.18. The molecule has 0 radical (unpaired) electrons. The Kier molecular flexibility index (Phi) is 7.97. The number of nitrogens with zero attached hydrogens (tertiary/aromatic N) is 5. The first-order valence-corrected chi connectivity index (χ1v) is 18.9. The Hall–Kier alpha value is -6.14. The molecule has 5 aromatic carbocycles. The number of anilines is 9. The number of benzene rings is 5. The van der Waals surface area contributed by atoms with Crippen molar-refractivity contribution >= 4 is 74.5 Å². The van der Waals surface area contributed by atoms with Crippen molar-refractivity contribution in [3.63, 3.8) is 0 Å². The van der Waals surface area contributed by atoms with Gasteiger partial charge in [-0.25, -0.2) is 4.98 Å². The van der Waals surface area contributed by atoms with E-state index in [1.165, 1.54) is 22.1 Å². The van der Waals surface area contributed by atoms with Crippen LogP contribution in [0.2, 0.25) is 0 Å². The van der Waals surface area contributed by atoms with Gasteiger partial charge in [0.1, 0.15) is 11.6 Å². The first-order chi connectivity index (χ1) is 26.1. The molecule has 2 aliphatic rings. The van der Waals surface area contributed by atoms with Gasteiger partial charge in [0.05, 0.1) is 23.8 Å². The van der Waals surface area contributed by atoms with Gasteiger partial charge in [0.15, 0.2) is 0 Å². The predicted octanol–water partition coefficient (Wildman–Crippen LogP) is 10.6. The van der Waals surface area contributed by atoms with E-state index in [1.807, 2.05) is 12.4 Å². The molecule has 0 atom stereocenters. The molecule has 6 heteroatoms. The van der Waals surface area contributed by atoms with E-state index in [9.17, 15) is 0 Å². The molecule has 9 rings (SSSR count). The van der Waals surface area contributed by atoms with E-state index in [0.29, 0.717) is 0 Å². The molecule has 2 aliphatic heterocycles. The van der Waals surface area contributed by atoms with E-state index in [-0.39, 0.29) is 17.5 Å². The average molecular weight is 702 g/mol. The summed E-state index contributed by atoms with van der Waals surface area (Å²) in [6.45, 7) is 13.5. The zero-order valence-corrected chi connectivity index (χ0v) is 31.8. The molecule has 0 saturated carbocycles. The molecule has 0 saturated heterocycles. The van der Waals surface area contributed by atoms with E-state index in [2.05, 4.69) is 202 Å². The summed E-state index contributed by atoms with van der Waals surface area (Å²) in [5, 5.41) is 0. The maximum Gasteiger partial charge on any atom is 0.254 e. The van der Waals surface area contributed by atoms with Crippen LogP contribution < -0.4 is 31.1 Å². The molecule has 2 aromatic heterocycles. The number of pyridine rings is 2. The molecule has 0 amide bonds. The molecule has 0 unspecified atom stereocenters.